The second kappa shape index (κ2) is 3.90. The number of benzene rings is 2. The Hall–Kier alpha value is -1.80. The second-order valence-electron chi connectivity index (χ2n) is 4.49. The van der Waals surface area contributed by atoms with Gasteiger partial charge in [-0.2, -0.15) is 0 Å². The Balaban J connectivity index is 2.41. The first-order valence-corrected chi connectivity index (χ1v) is 5.91. The zero-order valence-corrected chi connectivity index (χ0v) is 9.80. The average molecular weight is 225 g/mol. The third-order valence-electron chi connectivity index (χ3n) is 3.13. The van der Waals surface area contributed by atoms with Crippen molar-refractivity contribution in [3.63, 3.8) is 0 Å². The summed E-state index contributed by atoms with van der Waals surface area (Å²) in [5.74, 6) is 0. The number of aromatic nitrogens is 1. The van der Waals surface area contributed by atoms with Gasteiger partial charge < -0.3 is 9.67 Å². The zero-order chi connectivity index (χ0) is 11.8. The fourth-order valence-corrected chi connectivity index (χ4v) is 2.46. The van der Waals surface area contributed by atoms with Crippen molar-refractivity contribution < 1.29 is 5.11 Å². The first-order chi connectivity index (χ1) is 8.27. The number of hydrogen-bond acceptors (Lipinski definition) is 1. The molecule has 2 aromatic carbocycles. The Morgan fingerprint density at radius 1 is 0.941 bits per heavy atom. The van der Waals surface area contributed by atoms with Crippen LogP contribution in [-0.2, 0) is 6.54 Å². The van der Waals surface area contributed by atoms with Gasteiger partial charge in [0, 0.05) is 28.4 Å². The largest absolute Gasteiger partial charge is 0.392 e. The highest BCUT2D eigenvalue weighted by Crippen LogP contribution is 2.28. The molecule has 0 aliphatic rings. The first kappa shape index (κ1) is 10.4. The lowest BCUT2D eigenvalue weighted by molar-refractivity contribution is 0.176. The fraction of sp³-hybridized carbons (Fsp3) is 0.200. The highest BCUT2D eigenvalue weighted by atomic mass is 16.3. The van der Waals surface area contributed by atoms with Crippen LogP contribution in [0.15, 0.2) is 48.5 Å². The Morgan fingerprint density at radius 3 is 1.88 bits per heavy atom. The number of fused-ring (bicyclic) bond motifs is 3. The molecule has 0 fully saturated rings. The van der Waals surface area contributed by atoms with Crippen LogP contribution < -0.4 is 0 Å². The molecule has 3 aromatic rings. The van der Waals surface area contributed by atoms with Crippen LogP contribution in [0.25, 0.3) is 21.8 Å². The molecule has 17 heavy (non-hydrogen) atoms. The number of hydrogen-bond donors (Lipinski definition) is 1. The molecule has 0 radical (unpaired) electrons. The summed E-state index contributed by atoms with van der Waals surface area (Å²) >= 11 is 0. The van der Waals surface area contributed by atoms with Gasteiger partial charge in [0.2, 0.25) is 0 Å². The van der Waals surface area contributed by atoms with Gasteiger partial charge in [-0.05, 0) is 19.1 Å². The lowest BCUT2D eigenvalue weighted by atomic mass is 10.2. The molecule has 0 amide bonds. The van der Waals surface area contributed by atoms with E-state index in [4.69, 9.17) is 0 Å². The van der Waals surface area contributed by atoms with E-state index in [1.54, 1.807) is 0 Å². The quantitative estimate of drug-likeness (QED) is 0.712. The SMILES string of the molecule is C[C@H](O)Cn1c2ccccc2c2ccccc21. The molecule has 1 heterocycles. The van der Waals surface area contributed by atoms with Gasteiger partial charge in [-0.25, -0.2) is 0 Å². The Bertz CT molecular complexity index is 614. The van der Waals surface area contributed by atoms with E-state index in [0.717, 1.165) is 0 Å². The van der Waals surface area contributed by atoms with Gasteiger partial charge in [0.15, 0.2) is 0 Å². The van der Waals surface area contributed by atoms with Crippen LogP contribution in [0.3, 0.4) is 0 Å². The molecule has 0 unspecified atom stereocenters. The van der Waals surface area contributed by atoms with E-state index in [0.29, 0.717) is 6.54 Å². The standard InChI is InChI=1S/C15H15NO/c1-11(17)10-16-14-8-4-2-6-12(14)13-7-3-5-9-15(13)16/h2-9,11,17H,10H2,1H3/t11-/m0/s1. The smallest absolute Gasteiger partial charge is 0.0691 e. The molecule has 1 aromatic heterocycles. The maximum absolute atomic E-state index is 9.62. The van der Waals surface area contributed by atoms with Crippen LogP contribution in [0.2, 0.25) is 0 Å². The number of para-hydroxylation sites is 2. The van der Waals surface area contributed by atoms with Crippen LogP contribution >= 0.6 is 0 Å². The van der Waals surface area contributed by atoms with Crippen molar-refractivity contribution in [2.45, 2.75) is 19.6 Å². The van der Waals surface area contributed by atoms with Crippen LogP contribution in [-0.4, -0.2) is 15.8 Å². The third kappa shape index (κ3) is 1.61. The lowest BCUT2D eigenvalue weighted by Crippen LogP contribution is -2.11. The Morgan fingerprint density at radius 2 is 1.41 bits per heavy atom. The van der Waals surface area contributed by atoms with Gasteiger partial charge in [0.1, 0.15) is 0 Å². The maximum Gasteiger partial charge on any atom is 0.0691 e. The minimum atomic E-state index is -0.339. The van der Waals surface area contributed by atoms with Gasteiger partial charge in [0.05, 0.1) is 6.10 Å². The van der Waals surface area contributed by atoms with Crippen molar-refractivity contribution in [2.24, 2.45) is 0 Å². The number of nitrogens with zero attached hydrogens (tertiary/aromatic N) is 1. The van der Waals surface area contributed by atoms with Crippen LogP contribution in [0.1, 0.15) is 6.92 Å². The molecule has 2 nitrogen and oxygen atoms in total. The summed E-state index contributed by atoms with van der Waals surface area (Å²) in [6, 6.07) is 16.7. The molecule has 0 bridgehead atoms. The van der Waals surface area contributed by atoms with Gasteiger partial charge in [-0.15, -0.1) is 0 Å². The van der Waals surface area contributed by atoms with E-state index >= 15 is 0 Å². The first-order valence-electron chi connectivity index (χ1n) is 5.91. The number of rotatable bonds is 2. The predicted octanol–water partition coefficient (Wildman–Crippen LogP) is 3.18. The summed E-state index contributed by atoms with van der Waals surface area (Å²) in [7, 11) is 0. The van der Waals surface area contributed by atoms with E-state index in [9.17, 15) is 5.11 Å². The van der Waals surface area contributed by atoms with Crippen LogP contribution in [0.5, 0.6) is 0 Å². The molecule has 0 aliphatic heterocycles. The van der Waals surface area contributed by atoms with Gasteiger partial charge >= 0.3 is 0 Å². The monoisotopic (exact) mass is 225 g/mol. The minimum absolute atomic E-state index is 0.339. The number of aliphatic hydroxyl groups is 1. The van der Waals surface area contributed by atoms with Crippen molar-refractivity contribution in [2.75, 3.05) is 0 Å². The Kier molecular flexibility index (Phi) is 2.37. The van der Waals surface area contributed by atoms with Crippen molar-refractivity contribution in [1.29, 1.82) is 0 Å². The summed E-state index contributed by atoms with van der Waals surface area (Å²) < 4.78 is 2.19. The van der Waals surface area contributed by atoms with Crippen molar-refractivity contribution in [3.05, 3.63) is 48.5 Å². The highest BCUT2D eigenvalue weighted by Gasteiger charge is 2.10. The average Bonchev–Trinajstić information content (AvgIpc) is 2.65. The molecule has 2 heteroatoms. The molecule has 0 saturated heterocycles. The second-order valence-corrected chi connectivity index (χ2v) is 4.49. The van der Waals surface area contributed by atoms with Gasteiger partial charge in [-0.1, -0.05) is 36.4 Å². The summed E-state index contributed by atoms with van der Waals surface area (Å²) in [5, 5.41) is 12.1. The fourth-order valence-electron chi connectivity index (χ4n) is 2.46. The topological polar surface area (TPSA) is 25.2 Å². The lowest BCUT2D eigenvalue weighted by Gasteiger charge is -2.09. The minimum Gasteiger partial charge on any atom is -0.392 e. The Labute approximate surface area is 100 Å². The van der Waals surface area contributed by atoms with Crippen molar-refractivity contribution >= 4 is 21.8 Å². The highest BCUT2D eigenvalue weighted by molar-refractivity contribution is 6.07. The van der Waals surface area contributed by atoms with E-state index < -0.39 is 0 Å². The van der Waals surface area contributed by atoms with Crippen LogP contribution in [0.4, 0.5) is 0 Å². The molecular weight excluding hydrogens is 210 g/mol. The summed E-state index contributed by atoms with van der Waals surface area (Å²) in [6.45, 7) is 2.46. The van der Waals surface area contributed by atoms with Crippen LogP contribution in [0, 0.1) is 0 Å². The number of aliphatic hydroxyl groups excluding tert-OH is 1. The van der Waals surface area contributed by atoms with E-state index in [1.807, 2.05) is 19.1 Å². The van der Waals surface area contributed by atoms with E-state index in [-0.39, 0.29) is 6.10 Å². The molecule has 1 atom stereocenters. The molecular formula is C15H15NO. The van der Waals surface area contributed by atoms with Crippen molar-refractivity contribution in [1.82, 2.24) is 4.57 Å². The molecule has 1 N–H and O–H groups in total. The zero-order valence-electron chi connectivity index (χ0n) is 9.80. The van der Waals surface area contributed by atoms with E-state index in [2.05, 4.69) is 41.0 Å². The molecule has 3 rings (SSSR count). The third-order valence-corrected chi connectivity index (χ3v) is 3.13. The molecule has 86 valence electrons. The predicted molar refractivity (Wildman–Crippen MR) is 71.1 cm³/mol. The molecule has 0 aliphatic carbocycles. The van der Waals surface area contributed by atoms with Gasteiger partial charge in [-0.3, -0.25) is 0 Å². The van der Waals surface area contributed by atoms with Crippen molar-refractivity contribution in [3.8, 4) is 0 Å². The summed E-state index contributed by atoms with van der Waals surface area (Å²) in [5.41, 5.74) is 2.38. The van der Waals surface area contributed by atoms with Gasteiger partial charge in [0.25, 0.3) is 0 Å². The maximum atomic E-state index is 9.62. The molecule has 0 saturated carbocycles. The summed E-state index contributed by atoms with van der Waals surface area (Å²) in [4.78, 5) is 0. The molecule has 0 spiro atoms. The normalized spacial score (nSPS) is 13.3. The van der Waals surface area contributed by atoms with E-state index in [1.165, 1.54) is 21.8 Å². The summed E-state index contributed by atoms with van der Waals surface area (Å²) in [6.07, 6.45) is -0.339.